The Bertz CT molecular complexity index is 839. The van der Waals surface area contributed by atoms with Gasteiger partial charge in [-0.15, -0.1) is 0 Å². The molecule has 0 spiro atoms. The number of aromatic nitrogens is 1. The van der Waals surface area contributed by atoms with Crippen molar-refractivity contribution >= 4 is 41.2 Å². The molecule has 0 aliphatic carbocycles. The van der Waals surface area contributed by atoms with Gasteiger partial charge in [-0.05, 0) is 23.8 Å². The number of carboxylic acids is 1. The van der Waals surface area contributed by atoms with Crippen molar-refractivity contribution in [2.75, 3.05) is 6.61 Å². The molecule has 25 heavy (non-hydrogen) atoms. The minimum Gasteiger partial charge on any atom is -0.481 e. The summed E-state index contributed by atoms with van der Waals surface area (Å²) in [4.78, 5) is 25.5. The number of fused-ring (bicyclic) bond motifs is 1. The topological polar surface area (TPSA) is 103 Å². The molecular weight excluding hydrogens is 367 g/mol. The van der Waals surface area contributed by atoms with Crippen LogP contribution in [0.1, 0.15) is 27.4 Å². The fourth-order valence-electron chi connectivity index (χ4n) is 2.26. The highest BCUT2D eigenvalue weighted by atomic mass is 35.5. The third kappa shape index (κ3) is 4.29. The molecule has 6 nitrogen and oxygen atoms in total. The highest BCUT2D eigenvalue weighted by molar-refractivity contribution is 6.37. The molecule has 0 radical (unpaired) electrons. The molecule has 3 rings (SSSR count). The highest BCUT2D eigenvalue weighted by Crippen LogP contribution is 2.31. The van der Waals surface area contributed by atoms with Crippen molar-refractivity contribution in [2.45, 2.75) is 5.92 Å². The number of aliphatic carboxylic acids is 1. The number of nitrogens with zero attached hydrogens (tertiary/aromatic N) is 1. The van der Waals surface area contributed by atoms with Gasteiger partial charge in [0.2, 0.25) is 5.88 Å². The minimum absolute atomic E-state index is 0.196. The van der Waals surface area contributed by atoms with Gasteiger partial charge in [-0.2, -0.15) is 0 Å². The Balaban J connectivity index is 0.000000181. The molecule has 130 valence electrons. The van der Waals surface area contributed by atoms with E-state index in [4.69, 9.17) is 38.8 Å². The number of amides is 1. The number of carboxylic acid groups (broad SMARTS) is 1. The SMILES string of the molecule is C=Cc1cc(Cl)cc(Cl)c1C(N)=O.O=C(O)C1COc2ncccc21. The van der Waals surface area contributed by atoms with E-state index in [9.17, 15) is 9.59 Å². The number of halogens is 2. The van der Waals surface area contributed by atoms with Crippen LogP contribution < -0.4 is 10.5 Å². The van der Waals surface area contributed by atoms with Crippen LogP contribution in [0.15, 0.2) is 37.0 Å². The lowest BCUT2D eigenvalue weighted by Crippen LogP contribution is -2.13. The summed E-state index contributed by atoms with van der Waals surface area (Å²) in [7, 11) is 0. The first-order valence-electron chi connectivity index (χ1n) is 7.07. The van der Waals surface area contributed by atoms with Crippen LogP contribution in [0, 0.1) is 0 Å². The number of carbonyl (C=O) groups excluding carboxylic acids is 1. The van der Waals surface area contributed by atoms with Gasteiger partial charge in [0.1, 0.15) is 12.5 Å². The standard InChI is InChI=1S/C9H7Cl2NO.C8H7NO3/c1-2-5-3-6(10)4-7(11)8(5)9(12)13;10-8(11)6-4-12-7-5(6)2-1-3-9-7/h2-4H,1H2,(H2,12,13);1-3,6H,4H2,(H,10,11). The van der Waals surface area contributed by atoms with Gasteiger partial charge in [-0.25, -0.2) is 4.98 Å². The highest BCUT2D eigenvalue weighted by Gasteiger charge is 2.30. The molecule has 0 saturated carbocycles. The van der Waals surface area contributed by atoms with Crippen molar-refractivity contribution in [3.8, 4) is 5.88 Å². The molecule has 1 amide bonds. The molecule has 0 bridgehead atoms. The van der Waals surface area contributed by atoms with E-state index in [2.05, 4.69) is 11.6 Å². The van der Waals surface area contributed by atoms with Crippen molar-refractivity contribution in [3.63, 3.8) is 0 Å². The van der Waals surface area contributed by atoms with E-state index in [1.165, 1.54) is 12.1 Å². The smallest absolute Gasteiger partial charge is 0.314 e. The van der Waals surface area contributed by atoms with E-state index in [0.29, 0.717) is 22.0 Å². The number of benzene rings is 1. The van der Waals surface area contributed by atoms with Gasteiger partial charge in [0.15, 0.2) is 0 Å². The third-order valence-electron chi connectivity index (χ3n) is 3.41. The Morgan fingerprint density at radius 3 is 2.72 bits per heavy atom. The Hall–Kier alpha value is -2.57. The van der Waals surface area contributed by atoms with Crippen molar-refractivity contribution in [3.05, 3.63) is 63.8 Å². The van der Waals surface area contributed by atoms with Gasteiger partial charge in [-0.1, -0.05) is 41.9 Å². The second kappa shape index (κ2) is 8.00. The predicted octanol–water partition coefficient (Wildman–Crippen LogP) is 3.38. The van der Waals surface area contributed by atoms with E-state index in [-0.39, 0.29) is 17.2 Å². The average molecular weight is 381 g/mol. The Labute approximate surface area is 153 Å². The molecule has 1 unspecified atom stereocenters. The van der Waals surface area contributed by atoms with Crippen LogP contribution in [-0.4, -0.2) is 28.6 Å². The van der Waals surface area contributed by atoms with Crippen molar-refractivity contribution < 1.29 is 19.4 Å². The lowest BCUT2D eigenvalue weighted by molar-refractivity contribution is -0.138. The maximum atomic E-state index is 11.0. The van der Waals surface area contributed by atoms with Crippen LogP contribution in [0.2, 0.25) is 10.0 Å². The molecule has 0 fully saturated rings. The van der Waals surface area contributed by atoms with Gasteiger partial charge >= 0.3 is 5.97 Å². The number of hydrogen-bond donors (Lipinski definition) is 2. The summed E-state index contributed by atoms with van der Waals surface area (Å²) in [6, 6.07) is 6.49. The van der Waals surface area contributed by atoms with Crippen LogP contribution in [0.25, 0.3) is 6.08 Å². The van der Waals surface area contributed by atoms with E-state index in [0.717, 1.165) is 0 Å². The first kappa shape index (κ1) is 18.8. The summed E-state index contributed by atoms with van der Waals surface area (Å²) in [6.45, 7) is 3.73. The summed E-state index contributed by atoms with van der Waals surface area (Å²) >= 11 is 11.5. The lowest BCUT2D eigenvalue weighted by Gasteiger charge is -2.04. The van der Waals surface area contributed by atoms with Crippen LogP contribution in [0.4, 0.5) is 0 Å². The number of primary amides is 1. The molecular formula is C17H14Cl2N2O4. The number of pyridine rings is 1. The second-order valence-electron chi connectivity index (χ2n) is 5.02. The summed E-state index contributed by atoms with van der Waals surface area (Å²) < 4.78 is 5.08. The second-order valence-corrected chi connectivity index (χ2v) is 5.86. The lowest BCUT2D eigenvalue weighted by atomic mass is 10.0. The van der Waals surface area contributed by atoms with Gasteiger partial charge in [0, 0.05) is 16.8 Å². The maximum absolute atomic E-state index is 11.0. The molecule has 1 atom stereocenters. The molecule has 1 aromatic heterocycles. The normalized spacial score (nSPS) is 14.6. The Kier molecular flexibility index (Phi) is 6.01. The van der Waals surface area contributed by atoms with E-state index >= 15 is 0 Å². The number of nitrogens with two attached hydrogens (primary N) is 1. The van der Waals surface area contributed by atoms with Crippen LogP contribution in [0.3, 0.4) is 0 Å². The molecule has 3 N–H and O–H groups in total. The van der Waals surface area contributed by atoms with Gasteiger partial charge in [-0.3, -0.25) is 9.59 Å². The zero-order chi connectivity index (χ0) is 18.6. The summed E-state index contributed by atoms with van der Waals surface area (Å²) in [6.07, 6.45) is 3.07. The Morgan fingerprint density at radius 1 is 1.40 bits per heavy atom. The van der Waals surface area contributed by atoms with Crippen molar-refractivity contribution in [1.29, 1.82) is 0 Å². The quantitative estimate of drug-likeness (QED) is 0.849. The molecule has 0 saturated heterocycles. The molecule has 2 aromatic rings. The number of carbonyl (C=O) groups is 2. The Morgan fingerprint density at radius 2 is 2.12 bits per heavy atom. The monoisotopic (exact) mass is 380 g/mol. The summed E-state index contributed by atoms with van der Waals surface area (Å²) in [5, 5.41) is 9.45. The van der Waals surface area contributed by atoms with Gasteiger partial charge in [0.05, 0.1) is 10.6 Å². The van der Waals surface area contributed by atoms with Gasteiger partial charge < -0.3 is 15.6 Å². The molecule has 1 aliphatic heterocycles. The first-order chi connectivity index (χ1) is 11.8. The van der Waals surface area contributed by atoms with E-state index < -0.39 is 17.8 Å². The summed E-state index contributed by atoms with van der Waals surface area (Å²) in [5.74, 6) is -1.54. The molecule has 1 aliphatic rings. The fourth-order valence-corrected chi connectivity index (χ4v) is 2.86. The zero-order valence-electron chi connectivity index (χ0n) is 12.9. The van der Waals surface area contributed by atoms with Crippen LogP contribution >= 0.6 is 23.2 Å². The third-order valence-corrected chi connectivity index (χ3v) is 3.93. The van der Waals surface area contributed by atoms with Crippen LogP contribution in [0.5, 0.6) is 5.88 Å². The van der Waals surface area contributed by atoms with Crippen molar-refractivity contribution in [2.24, 2.45) is 5.73 Å². The number of hydrogen-bond acceptors (Lipinski definition) is 4. The largest absolute Gasteiger partial charge is 0.481 e. The maximum Gasteiger partial charge on any atom is 0.314 e. The zero-order valence-corrected chi connectivity index (χ0v) is 14.4. The average Bonchev–Trinajstić information content (AvgIpc) is 2.98. The minimum atomic E-state index is -0.859. The molecule has 2 heterocycles. The fraction of sp³-hybridized carbons (Fsp3) is 0.118. The van der Waals surface area contributed by atoms with Crippen molar-refractivity contribution in [1.82, 2.24) is 4.98 Å². The van der Waals surface area contributed by atoms with E-state index in [1.54, 1.807) is 24.4 Å². The molecule has 8 heteroatoms. The number of rotatable bonds is 3. The number of ether oxygens (including phenoxy) is 1. The first-order valence-corrected chi connectivity index (χ1v) is 7.82. The van der Waals surface area contributed by atoms with Crippen LogP contribution in [-0.2, 0) is 4.79 Å². The van der Waals surface area contributed by atoms with E-state index in [1.807, 2.05) is 0 Å². The van der Waals surface area contributed by atoms with Gasteiger partial charge in [0.25, 0.3) is 5.91 Å². The molecule has 1 aromatic carbocycles. The summed E-state index contributed by atoms with van der Waals surface area (Å²) in [5.41, 5.74) is 6.60. The predicted molar refractivity (Wildman–Crippen MR) is 95.2 cm³/mol.